The summed E-state index contributed by atoms with van der Waals surface area (Å²) in [5, 5.41) is 2.85. The van der Waals surface area contributed by atoms with Crippen molar-refractivity contribution < 1.29 is 14.3 Å². The Balaban J connectivity index is 2.14. The summed E-state index contributed by atoms with van der Waals surface area (Å²) in [7, 11) is 1.24. The molecule has 8 heteroatoms. The predicted octanol–water partition coefficient (Wildman–Crippen LogP) is 2.18. The van der Waals surface area contributed by atoms with Gasteiger partial charge in [0.1, 0.15) is 0 Å². The molecule has 2 aromatic rings. The molecule has 1 aromatic heterocycles. The van der Waals surface area contributed by atoms with Crippen LogP contribution in [0.4, 0.5) is 5.13 Å². The quantitative estimate of drug-likeness (QED) is 0.643. The predicted molar refractivity (Wildman–Crippen MR) is 78.4 cm³/mol. The topological polar surface area (TPSA) is 81.2 Å². The summed E-state index contributed by atoms with van der Waals surface area (Å²) in [6.45, 7) is 0. The van der Waals surface area contributed by atoms with Crippen LogP contribution in [0.5, 0.6) is 0 Å². The van der Waals surface area contributed by atoms with Crippen LogP contribution < -0.4 is 5.32 Å². The SMILES string of the molecule is COC(=O)c1nsc(NC(=O)c2ccccc2I)n1. The maximum atomic E-state index is 12.0. The molecule has 0 saturated heterocycles. The van der Waals surface area contributed by atoms with Gasteiger partial charge >= 0.3 is 5.97 Å². The van der Waals surface area contributed by atoms with E-state index < -0.39 is 5.97 Å². The average Bonchev–Trinajstić information content (AvgIpc) is 2.86. The summed E-state index contributed by atoms with van der Waals surface area (Å²) in [4.78, 5) is 27.0. The molecule has 1 N–H and O–H groups in total. The van der Waals surface area contributed by atoms with Gasteiger partial charge in [0.25, 0.3) is 11.7 Å². The van der Waals surface area contributed by atoms with Crippen molar-refractivity contribution in [2.24, 2.45) is 0 Å². The van der Waals surface area contributed by atoms with Crippen molar-refractivity contribution in [1.82, 2.24) is 9.36 Å². The lowest BCUT2D eigenvalue weighted by Crippen LogP contribution is -2.13. The van der Waals surface area contributed by atoms with Gasteiger partial charge in [-0.2, -0.15) is 9.36 Å². The Morgan fingerprint density at radius 3 is 2.79 bits per heavy atom. The number of hydrogen-bond acceptors (Lipinski definition) is 6. The largest absolute Gasteiger partial charge is 0.463 e. The lowest BCUT2D eigenvalue weighted by Gasteiger charge is -2.02. The van der Waals surface area contributed by atoms with Gasteiger partial charge in [-0.05, 0) is 34.7 Å². The number of nitrogens with one attached hydrogen (secondary N) is 1. The van der Waals surface area contributed by atoms with Crippen LogP contribution in [0.3, 0.4) is 0 Å². The molecule has 0 fully saturated rings. The van der Waals surface area contributed by atoms with E-state index in [4.69, 9.17) is 0 Å². The first-order valence-corrected chi connectivity index (χ1v) is 6.95. The molecular weight excluding hydrogens is 381 g/mol. The molecule has 0 aliphatic rings. The second-order valence-electron chi connectivity index (χ2n) is 3.35. The number of esters is 1. The number of nitrogens with zero attached hydrogens (tertiary/aromatic N) is 2. The smallest absolute Gasteiger partial charge is 0.377 e. The van der Waals surface area contributed by atoms with Crippen molar-refractivity contribution in [3.8, 4) is 0 Å². The van der Waals surface area contributed by atoms with E-state index in [-0.39, 0.29) is 16.9 Å². The molecule has 1 aromatic carbocycles. The van der Waals surface area contributed by atoms with Crippen LogP contribution in [0.15, 0.2) is 24.3 Å². The molecule has 0 aliphatic carbocycles. The van der Waals surface area contributed by atoms with E-state index >= 15 is 0 Å². The van der Waals surface area contributed by atoms with Gasteiger partial charge in [-0.15, -0.1) is 0 Å². The number of anilines is 1. The Labute approximate surface area is 126 Å². The number of benzene rings is 1. The number of carbonyl (C=O) groups is 2. The third-order valence-corrected chi connectivity index (χ3v) is 3.70. The number of ether oxygens (including phenoxy) is 1. The zero-order valence-corrected chi connectivity index (χ0v) is 12.7. The number of aromatic nitrogens is 2. The van der Waals surface area contributed by atoms with Gasteiger partial charge in [0.15, 0.2) is 0 Å². The first-order valence-electron chi connectivity index (χ1n) is 5.09. The molecule has 6 nitrogen and oxygen atoms in total. The van der Waals surface area contributed by atoms with E-state index in [1.54, 1.807) is 12.1 Å². The van der Waals surface area contributed by atoms with Crippen LogP contribution >= 0.6 is 34.1 Å². The molecule has 1 amide bonds. The summed E-state index contributed by atoms with van der Waals surface area (Å²) in [5.74, 6) is -0.992. The van der Waals surface area contributed by atoms with E-state index in [1.807, 2.05) is 12.1 Å². The maximum absolute atomic E-state index is 12.0. The van der Waals surface area contributed by atoms with Gasteiger partial charge in [-0.3, -0.25) is 10.1 Å². The zero-order valence-electron chi connectivity index (χ0n) is 9.71. The first kappa shape index (κ1) is 13.9. The van der Waals surface area contributed by atoms with Crippen LogP contribution in [-0.2, 0) is 4.74 Å². The van der Waals surface area contributed by atoms with Crippen molar-refractivity contribution in [3.05, 3.63) is 39.2 Å². The Hall–Kier alpha value is -1.55. The van der Waals surface area contributed by atoms with Crippen molar-refractivity contribution in [3.63, 3.8) is 0 Å². The highest BCUT2D eigenvalue weighted by Crippen LogP contribution is 2.16. The Morgan fingerprint density at radius 2 is 2.11 bits per heavy atom. The molecule has 0 radical (unpaired) electrons. The van der Waals surface area contributed by atoms with E-state index in [0.717, 1.165) is 15.1 Å². The number of halogens is 1. The third kappa shape index (κ3) is 3.26. The normalized spacial score (nSPS) is 10.0. The third-order valence-electron chi connectivity index (χ3n) is 2.13. The summed E-state index contributed by atoms with van der Waals surface area (Å²) in [5.41, 5.74) is 0.540. The number of carbonyl (C=O) groups excluding carboxylic acids is 2. The van der Waals surface area contributed by atoms with Crippen molar-refractivity contribution in [2.45, 2.75) is 0 Å². The van der Waals surface area contributed by atoms with Crippen molar-refractivity contribution in [2.75, 3.05) is 12.4 Å². The first-order chi connectivity index (χ1) is 9.11. The van der Waals surface area contributed by atoms with Crippen LogP contribution in [0.2, 0.25) is 0 Å². The van der Waals surface area contributed by atoms with E-state index in [1.165, 1.54) is 7.11 Å². The molecule has 0 aliphatic heterocycles. The molecule has 0 bridgehead atoms. The molecule has 0 spiro atoms. The lowest BCUT2D eigenvalue weighted by atomic mass is 10.2. The van der Waals surface area contributed by atoms with Crippen LogP contribution in [0, 0.1) is 3.57 Å². The standard InChI is InChI=1S/C11H8IN3O3S/c1-18-10(17)8-13-11(19-15-8)14-9(16)6-4-2-3-5-7(6)12/h2-5H,1H3,(H,13,14,15,16). The summed E-state index contributed by atoms with van der Waals surface area (Å²) < 4.78 is 9.11. The van der Waals surface area contributed by atoms with Crippen LogP contribution in [0.25, 0.3) is 0 Å². The van der Waals surface area contributed by atoms with Gasteiger partial charge in [-0.25, -0.2) is 4.79 Å². The molecule has 19 heavy (non-hydrogen) atoms. The maximum Gasteiger partial charge on any atom is 0.377 e. The van der Waals surface area contributed by atoms with Gasteiger partial charge in [0.05, 0.1) is 12.7 Å². The molecule has 1 heterocycles. The minimum atomic E-state index is -0.633. The molecule has 0 atom stereocenters. The fraction of sp³-hybridized carbons (Fsp3) is 0.0909. The minimum absolute atomic E-state index is 0.0643. The van der Waals surface area contributed by atoms with Gasteiger partial charge in [0, 0.05) is 15.1 Å². The number of methoxy groups -OCH3 is 1. The Bertz CT molecular complexity index is 629. The van der Waals surface area contributed by atoms with E-state index in [0.29, 0.717) is 5.56 Å². The second kappa shape index (κ2) is 6.06. The van der Waals surface area contributed by atoms with Gasteiger partial charge in [0.2, 0.25) is 5.13 Å². The summed E-state index contributed by atoms with van der Waals surface area (Å²) >= 11 is 3.00. The molecule has 98 valence electrons. The highest BCUT2D eigenvalue weighted by Gasteiger charge is 2.16. The number of hydrogen-bond donors (Lipinski definition) is 1. The number of amides is 1. The summed E-state index contributed by atoms with van der Waals surface area (Å²) in [6.07, 6.45) is 0. The second-order valence-corrected chi connectivity index (χ2v) is 5.26. The monoisotopic (exact) mass is 389 g/mol. The highest BCUT2D eigenvalue weighted by atomic mass is 127. The summed E-state index contributed by atoms with van der Waals surface area (Å²) in [6, 6.07) is 7.16. The van der Waals surface area contributed by atoms with Crippen molar-refractivity contribution >= 4 is 51.1 Å². The minimum Gasteiger partial charge on any atom is -0.463 e. The van der Waals surface area contributed by atoms with E-state index in [9.17, 15) is 9.59 Å². The molecule has 0 saturated carbocycles. The molecule has 0 unspecified atom stereocenters. The fourth-order valence-corrected chi connectivity index (χ4v) is 2.44. The van der Waals surface area contributed by atoms with Gasteiger partial charge in [-0.1, -0.05) is 12.1 Å². The fourth-order valence-electron chi connectivity index (χ4n) is 1.26. The number of rotatable bonds is 3. The zero-order chi connectivity index (χ0) is 13.8. The molecule has 2 rings (SSSR count). The van der Waals surface area contributed by atoms with Crippen molar-refractivity contribution in [1.29, 1.82) is 0 Å². The Kier molecular flexibility index (Phi) is 4.43. The van der Waals surface area contributed by atoms with E-state index in [2.05, 4.69) is 42.0 Å². The lowest BCUT2D eigenvalue weighted by molar-refractivity contribution is 0.0588. The Morgan fingerprint density at radius 1 is 1.37 bits per heavy atom. The highest BCUT2D eigenvalue weighted by molar-refractivity contribution is 14.1. The van der Waals surface area contributed by atoms with Gasteiger partial charge < -0.3 is 4.74 Å². The van der Waals surface area contributed by atoms with Crippen LogP contribution in [-0.4, -0.2) is 28.3 Å². The molecular formula is C11H8IN3O3S. The average molecular weight is 389 g/mol. The van der Waals surface area contributed by atoms with Crippen LogP contribution in [0.1, 0.15) is 21.0 Å².